The Labute approximate surface area is 175 Å². The van der Waals surface area contributed by atoms with Crippen LogP contribution in [-0.4, -0.2) is 17.9 Å². The minimum absolute atomic E-state index is 0. The van der Waals surface area contributed by atoms with Gasteiger partial charge in [0.2, 0.25) is 0 Å². The van der Waals surface area contributed by atoms with Crippen LogP contribution in [0, 0.1) is 0 Å². The summed E-state index contributed by atoms with van der Waals surface area (Å²) in [6, 6.07) is 5.94. The summed E-state index contributed by atoms with van der Waals surface area (Å²) in [7, 11) is -4.56. The van der Waals surface area contributed by atoms with E-state index >= 15 is 0 Å². The second kappa shape index (κ2) is 11.6. The van der Waals surface area contributed by atoms with E-state index in [1.807, 2.05) is 18.2 Å². The van der Waals surface area contributed by atoms with E-state index in [0.29, 0.717) is 5.75 Å². The summed E-state index contributed by atoms with van der Waals surface area (Å²) in [6.45, 7) is 6.94. The van der Waals surface area contributed by atoms with Crippen LogP contribution in [0.3, 0.4) is 0 Å². The Morgan fingerprint density at radius 2 is 1.40 bits per heavy atom. The molecule has 0 fully saturated rings. The molecule has 25 heavy (non-hydrogen) atoms. The zero-order valence-electron chi connectivity index (χ0n) is 16.4. The van der Waals surface area contributed by atoms with E-state index in [9.17, 15) is 13.0 Å². The summed E-state index contributed by atoms with van der Waals surface area (Å²) in [4.78, 5) is -1.77. The number of benzene rings is 1. The number of aryl methyl sites for hydroxylation is 2. The number of hydrogen-bond acceptors (Lipinski definition) is 4. The van der Waals surface area contributed by atoms with Crippen molar-refractivity contribution in [1.29, 1.82) is 0 Å². The van der Waals surface area contributed by atoms with E-state index in [-0.39, 0.29) is 29.6 Å². The maximum atomic E-state index is 11.5. The summed E-state index contributed by atoms with van der Waals surface area (Å²) in [6.07, 6.45) is 8.18. The van der Waals surface area contributed by atoms with Gasteiger partial charge in [-0.2, -0.15) is 0 Å². The fourth-order valence-electron chi connectivity index (χ4n) is 2.59. The van der Waals surface area contributed by atoms with Crippen molar-refractivity contribution in [2.24, 2.45) is 0 Å². The van der Waals surface area contributed by atoms with Crippen molar-refractivity contribution in [3.8, 4) is 5.75 Å². The van der Waals surface area contributed by atoms with Crippen LogP contribution in [0.1, 0.15) is 77.3 Å². The van der Waals surface area contributed by atoms with Crippen molar-refractivity contribution >= 4 is 10.1 Å². The fraction of sp³-hybridized carbons (Fsp3) is 0.684. The SMILES string of the molecule is CCCCCc1cccc(CCCCC)c1OC(C)(C)S(=O)(=O)[O-].[Na+]. The maximum absolute atomic E-state index is 11.5. The van der Waals surface area contributed by atoms with Crippen molar-refractivity contribution in [3.05, 3.63) is 29.3 Å². The van der Waals surface area contributed by atoms with Crippen molar-refractivity contribution in [3.63, 3.8) is 0 Å². The van der Waals surface area contributed by atoms with Crippen LogP contribution in [0.15, 0.2) is 18.2 Å². The van der Waals surface area contributed by atoms with Crippen LogP contribution < -0.4 is 34.3 Å². The molecule has 0 aromatic heterocycles. The summed E-state index contributed by atoms with van der Waals surface area (Å²) in [5.41, 5.74) is 1.99. The Morgan fingerprint density at radius 3 is 1.76 bits per heavy atom. The molecular formula is C19H31NaO4S. The molecule has 1 aromatic carbocycles. The monoisotopic (exact) mass is 378 g/mol. The normalized spacial score (nSPS) is 11.9. The van der Waals surface area contributed by atoms with Gasteiger partial charge in [0.1, 0.15) is 15.9 Å². The number of para-hydroxylation sites is 1. The Balaban J connectivity index is 0.00000576. The minimum Gasteiger partial charge on any atom is -0.745 e. The van der Waals surface area contributed by atoms with Gasteiger partial charge in [-0.05, 0) is 50.7 Å². The van der Waals surface area contributed by atoms with Crippen LogP contribution in [0.4, 0.5) is 0 Å². The molecule has 0 N–H and O–H groups in total. The first kappa shape index (κ1) is 24.9. The molecule has 0 heterocycles. The van der Waals surface area contributed by atoms with Crippen LogP contribution in [0.25, 0.3) is 0 Å². The second-order valence-corrected chi connectivity index (χ2v) is 8.67. The molecule has 0 atom stereocenters. The third-order valence-corrected chi connectivity index (χ3v) is 5.51. The van der Waals surface area contributed by atoms with Gasteiger partial charge in [-0.15, -0.1) is 0 Å². The van der Waals surface area contributed by atoms with Gasteiger partial charge < -0.3 is 9.29 Å². The third-order valence-electron chi connectivity index (χ3n) is 4.23. The van der Waals surface area contributed by atoms with E-state index < -0.39 is 15.1 Å². The molecule has 0 spiro atoms. The van der Waals surface area contributed by atoms with Crippen LogP contribution >= 0.6 is 0 Å². The van der Waals surface area contributed by atoms with Crippen LogP contribution in [-0.2, 0) is 23.0 Å². The molecule has 0 saturated heterocycles. The molecule has 0 radical (unpaired) electrons. The molecule has 1 aromatic rings. The molecule has 0 saturated carbocycles. The Bertz CT molecular complexity index is 584. The molecule has 0 bridgehead atoms. The largest absolute Gasteiger partial charge is 1.00 e. The molecule has 4 nitrogen and oxygen atoms in total. The van der Waals surface area contributed by atoms with Crippen molar-refractivity contribution in [2.75, 3.05) is 0 Å². The molecule has 1 rings (SSSR count). The summed E-state index contributed by atoms with van der Waals surface area (Å²) in [5.74, 6) is 0.592. The molecule has 0 aliphatic carbocycles. The predicted octanol–water partition coefficient (Wildman–Crippen LogP) is 1.82. The minimum atomic E-state index is -4.56. The van der Waals surface area contributed by atoms with Crippen molar-refractivity contribution < 1.29 is 47.3 Å². The number of ether oxygens (including phenoxy) is 1. The zero-order chi connectivity index (χ0) is 18.2. The molecular weight excluding hydrogens is 347 g/mol. The van der Waals surface area contributed by atoms with Gasteiger partial charge in [0.25, 0.3) is 0 Å². The average Bonchev–Trinajstić information content (AvgIpc) is 2.49. The van der Waals surface area contributed by atoms with Gasteiger partial charge in [0, 0.05) is 0 Å². The topological polar surface area (TPSA) is 66.4 Å². The smallest absolute Gasteiger partial charge is 0.745 e. The summed E-state index contributed by atoms with van der Waals surface area (Å²) < 4.78 is 40.3. The van der Waals surface area contributed by atoms with Crippen molar-refractivity contribution in [1.82, 2.24) is 0 Å². The van der Waals surface area contributed by atoms with E-state index in [0.717, 1.165) is 62.5 Å². The van der Waals surface area contributed by atoms with Gasteiger partial charge in [0.05, 0.1) is 0 Å². The van der Waals surface area contributed by atoms with Crippen molar-refractivity contribution in [2.45, 2.75) is 84.0 Å². The standard InChI is InChI=1S/C19H32O4S.Na/c1-5-7-9-12-16-14-11-15-17(13-10-8-6-2)18(16)23-19(3,4)24(20,21)22;/h11,14-15H,5-10,12-13H2,1-4H3,(H,20,21,22);/q;+1/p-1. The van der Waals surface area contributed by atoms with E-state index in [1.54, 1.807) is 0 Å². The van der Waals surface area contributed by atoms with Crippen LogP contribution in [0.2, 0.25) is 0 Å². The Morgan fingerprint density at radius 1 is 0.960 bits per heavy atom. The van der Waals surface area contributed by atoms with E-state index in [4.69, 9.17) is 4.74 Å². The molecule has 0 aliphatic rings. The first-order valence-electron chi connectivity index (χ1n) is 8.98. The Kier molecular flexibility index (Phi) is 11.6. The van der Waals surface area contributed by atoms with E-state index in [2.05, 4.69) is 13.8 Å². The van der Waals surface area contributed by atoms with Gasteiger partial charge in [-0.25, -0.2) is 8.42 Å². The first-order valence-corrected chi connectivity index (χ1v) is 10.4. The number of hydrogen-bond donors (Lipinski definition) is 0. The van der Waals surface area contributed by atoms with Gasteiger partial charge in [-0.1, -0.05) is 57.7 Å². The summed E-state index contributed by atoms with van der Waals surface area (Å²) >= 11 is 0. The fourth-order valence-corrected chi connectivity index (χ4v) is 2.78. The quantitative estimate of drug-likeness (QED) is 0.335. The number of unbranched alkanes of at least 4 members (excludes halogenated alkanes) is 4. The maximum Gasteiger partial charge on any atom is 1.00 e. The predicted molar refractivity (Wildman–Crippen MR) is 97.3 cm³/mol. The molecule has 6 heteroatoms. The second-order valence-electron chi connectivity index (χ2n) is 6.78. The van der Waals surface area contributed by atoms with Crippen LogP contribution in [0.5, 0.6) is 5.75 Å². The molecule has 0 unspecified atom stereocenters. The summed E-state index contributed by atoms with van der Waals surface area (Å²) in [5, 5.41) is 0. The molecule has 0 aliphatic heterocycles. The Hall–Kier alpha value is -0.0700. The zero-order valence-corrected chi connectivity index (χ0v) is 19.2. The molecule has 0 amide bonds. The first-order chi connectivity index (χ1) is 11.2. The van der Waals surface area contributed by atoms with Gasteiger partial charge >= 0.3 is 29.6 Å². The third kappa shape index (κ3) is 8.00. The number of rotatable bonds is 11. The van der Waals surface area contributed by atoms with E-state index in [1.165, 1.54) is 13.8 Å². The molecule has 138 valence electrons. The average molecular weight is 379 g/mol. The van der Waals surface area contributed by atoms with Gasteiger partial charge in [-0.3, -0.25) is 0 Å². The van der Waals surface area contributed by atoms with Gasteiger partial charge in [0.15, 0.2) is 4.93 Å².